The van der Waals surface area contributed by atoms with E-state index in [2.05, 4.69) is 24.1 Å². The standard InChI is InChI=1S/C29H24ClNO2/c1-31-24-13-10-19(30)17-23(24)29(15-5-2-6-16-29)25(31)14-12-22-27(32)21-11-9-18-7-3-4-8-20(18)26(21)28(22)33/h3-4,7-14,17H,2,5-6,15-16H2,1H3/b22-12+,25-14+. The second-order valence-electron chi connectivity index (χ2n) is 9.36. The quantitative estimate of drug-likeness (QED) is 0.293. The Morgan fingerprint density at radius 3 is 2.52 bits per heavy atom. The van der Waals surface area contributed by atoms with Crippen LogP contribution in [0.1, 0.15) is 58.4 Å². The third-order valence-corrected chi connectivity index (χ3v) is 7.93. The van der Waals surface area contributed by atoms with Crippen molar-refractivity contribution >= 4 is 39.6 Å². The van der Waals surface area contributed by atoms with Crippen molar-refractivity contribution in [3.05, 3.63) is 99.7 Å². The van der Waals surface area contributed by atoms with Gasteiger partial charge >= 0.3 is 0 Å². The molecule has 3 nitrogen and oxygen atoms in total. The first-order valence-corrected chi connectivity index (χ1v) is 12.0. The van der Waals surface area contributed by atoms with Gasteiger partial charge in [0.05, 0.1) is 5.57 Å². The third-order valence-electron chi connectivity index (χ3n) is 7.69. The molecule has 0 atom stereocenters. The van der Waals surface area contributed by atoms with Gasteiger partial charge in [0.15, 0.2) is 11.6 Å². The fourth-order valence-electron chi connectivity index (χ4n) is 6.13. The molecule has 1 saturated carbocycles. The molecule has 6 rings (SSSR count). The van der Waals surface area contributed by atoms with Crippen molar-refractivity contribution in [1.82, 2.24) is 0 Å². The van der Waals surface area contributed by atoms with E-state index in [0.29, 0.717) is 11.1 Å². The average Bonchev–Trinajstić information content (AvgIpc) is 3.21. The number of carbonyl (C=O) groups excluding carboxylic acids is 2. The van der Waals surface area contributed by atoms with Crippen molar-refractivity contribution < 1.29 is 9.59 Å². The monoisotopic (exact) mass is 453 g/mol. The lowest BCUT2D eigenvalue weighted by Crippen LogP contribution is -2.31. The summed E-state index contributed by atoms with van der Waals surface area (Å²) in [5.41, 5.74) is 4.74. The van der Waals surface area contributed by atoms with Crippen molar-refractivity contribution in [3.63, 3.8) is 0 Å². The molecule has 0 amide bonds. The Balaban J connectivity index is 1.48. The van der Waals surface area contributed by atoms with Gasteiger partial charge in [0.1, 0.15) is 0 Å². The van der Waals surface area contributed by atoms with Crippen LogP contribution >= 0.6 is 11.6 Å². The van der Waals surface area contributed by atoms with E-state index in [1.54, 1.807) is 12.1 Å². The van der Waals surface area contributed by atoms with Crippen LogP contribution in [0, 0.1) is 0 Å². The Kier molecular flexibility index (Phi) is 4.60. The summed E-state index contributed by atoms with van der Waals surface area (Å²) in [4.78, 5) is 28.8. The lowest BCUT2D eigenvalue weighted by molar-refractivity contribution is 0.0989. The van der Waals surface area contributed by atoms with Crippen LogP contribution in [0.3, 0.4) is 0 Å². The summed E-state index contributed by atoms with van der Waals surface area (Å²) in [6.45, 7) is 0. The summed E-state index contributed by atoms with van der Waals surface area (Å²) in [6.07, 6.45) is 9.41. The predicted octanol–water partition coefficient (Wildman–Crippen LogP) is 7.03. The Hall–Kier alpha value is -3.17. The number of likely N-dealkylation sites (N-methyl/N-ethyl adjacent to an activating group) is 1. The topological polar surface area (TPSA) is 37.4 Å². The Morgan fingerprint density at radius 1 is 0.909 bits per heavy atom. The van der Waals surface area contributed by atoms with Crippen LogP contribution in [-0.2, 0) is 5.41 Å². The smallest absolute Gasteiger partial charge is 0.198 e. The Bertz CT molecular complexity index is 1410. The van der Waals surface area contributed by atoms with E-state index in [0.717, 1.165) is 52.9 Å². The number of ketones is 2. The summed E-state index contributed by atoms with van der Waals surface area (Å²) < 4.78 is 0. The molecule has 3 aromatic rings. The number of fused-ring (bicyclic) bond motifs is 5. The van der Waals surface area contributed by atoms with Gasteiger partial charge in [-0.05, 0) is 65.6 Å². The normalized spacial score (nSPS) is 21.5. The highest BCUT2D eigenvalue weighted by atomic mass is 35.5. The lowest BCUT2D eigenvalue weighted by Gasteiger charge is -2.36. The van der Waals surface area contributed by atoms with Crippen molar-refractivity contribution in [2.75, 3.05) is 11.9 Å². The van der Waals surface area contributed by atoms with Crippen LogP contribution in [0.15, 0.2) is 78.0 Å². The molecule has 1 spiro atoms. The molecular weight excluding hydrogens is 430 g/mol. The molecule has 1 fully saturated rings. The summed E-state index contributed by atoms with van der Waals surface area (Å²) in [5, 5.41) is 2.56. The average molecular weight is 454 g/mol. The second-order valence-corrected chi connectivity index (χ2v) is 9.80. The van der Waals surface area contributed by atoms with Gasteiger partial charge in [-0.1, -0.05) is 61.2 Å². The van der Waals surface area contributed by atoms with Gasteiger partial charge in [-0.25, -0.2) is 0 Å². The summed E-state index contributed by atoms with van der Waals surface area (Å²) >= 11 is 6.40. The minimum absolute atomic E-state index is 0.117. The number of benzene rings is 3. The van der Waals surface area contributed by atoms with Crippen LogP contribution in [-0.4, -0.2) is 18.6 Å². The molecular formula is C29H24ClNO2. The number of anilines is 1. The van der Waals surface area contributed by atoms with E-state index in [1.165, 1.54) is 12.0 Å². The Morgan fingerprint density at radius 2 is 1.70 bits per heavy atom. The molecule has 0 radical (unpaired) electrons. The van der Waals surface area contributed by atoms with Crippen molar-refractivity contribution in [2.24, 2.45) is 0 Å². The number of carbonyl (C=O) groups is 2. The van der Waals surface area contributed by atoms with Crippen LogP contribution in [0.4, 0.5) is 5.69 Å². The fourth-order valence-corrected chi connectivity index (χ4v) is 6.30. The van der Waals surface area contributed by atoms with E-state index in [1.807, 2.05) is 42.5 Å². The van der Waals surface area contributed by atoms with E-state index in [9.17, 15) is 9.59 Å². The summed E-state index contributed by atoms with van der Waals surface area (Å²) in [6, 6.07) is 17.6. The van der Waals surface area contributed by atoms with Gasteiger partial charge in [-0.2, -0.15) is 0 Å². The van der Waals surface area contributed by atoms with E-state index in [4.69, 9.17) is 11.6 Å². The number of halogens is 1. The highest BCUT2D eigenvalue weighted by molar-refractivity contribution is 6.42. The summed E-state index contributed by atoms with van der Waals surface area (Å²) in [5.74, 6) is -0.362. The SMILES string of the molecule is CN1/C(=C/C=C2\C(=O)c3ccc4ccccc4c3C2=O)C2(CCCCC2)c2cc(Cl)ccc21. The maximum atomic E-state index is 13.4. The lowest BCUT2D eigenvalue weighted by atomic mass is 9.68. The molecule has 164 valence electrons. The van der Waals surface area contributed by atoms with E-state index in [-0.39, 0.29) is 22.6 Å². The predicted molar refractivity (Wildman–Crippen MR) is 133 cm³/mol. The third kappa shape index (κ3) is 2.88. The molecule has 4 heteroatoms. The fraction of sp³-hybridized carbons (Fsp3) is 0.241. The van der Waals surface area contributed by atoms with Crippen LogP contribution in [0.25, 0.3) is 10.8 Å². The highest BCUT2D eigenvalue weighted by Crippen LogP contribution is 2.55. The first-order valence-electron chi connectivity index (χ1n) is 11.6. The van der Waals surface area contributed by atoms with Crippen LogP contribution in [0.2, 0.25) is 5.02 Å². The number of Topliss-reactive ketones (excluding diaryl/α,β-unsaturated/α-hetero) is 2. The number of nitrogens with zero attached hydrogens (tertiary/aromatic N) is 1. The van der Waals surface area contributed by atoms with Gasteiger partial charge in [0.25, 0.3) is 0 Å². The van der Waals surface area contributed by atoms with Gasteiger partial charge in [-0.3, -0.25) is 9.59 Å². The first kappa shape index (κ1) is 20.4. The van der Waals surface area contributed by atoms with Crippen LogP contribution in [0.5, 0.6) is 0 Å². The van der Waals surface area contributed by atoms with E-state index < -0.39 is 0 Å². The van der Waals surface area contributed by atoms with Gasteiger partial charge < -0.3 is 4.90 Å². The molecule has 3 aromatic carbocycles. The molecule has 0 saturated heterocycles. The van der Waals surface area contributed by atoms with E-state index >= 15 is 0 Å². The van der Waals surface area contributed by atoms with Crippen LogP contribution < -0.4 is 4.90 Å². The zero-order chi connectivity index (χ0) is 22.7. The first-order chi connectivity index (χ1) is 16.0. The molecule has 2 aliphatic carbocycles. The zero-order valence-electron chi connectivity index (χ0n) is 18.5. The maximum Gasteiger partial charge on any atom is 0.198 e. The number of hydrogen-bond acceptors (Lipinski definition) is 3. The molecule has 0 aromatic heterocycles. The molecule has 3 aliphatic rings. The Labute approximate surface area is 198 Å². The van der Waals surface area contributed by atoms with Crippen molar-refractivity contribution in [1.29, 1.82) is 0 Å². The number of rotatable bonds is 1. The molecule has 0 unspecified atom stereocenters. The highest BCUT2D eigenvalue weighted by Gasteiger charge is 2.46. The molecule has 0 N–H and O–H groups in total. The molecule has 1 aliphatic heterocycles. The maximum absolute atomic E-state index is 13.4. The minimum atomic E-state index is -0.184. The second kappa shape index (κ2) is 7.43. The number of allylic oxidation sites excluding steroid dienone is 4. The van der Waals surface area contributed by atoms with Gasteiger partial charge in [-0.15, -0.1) is 0 Å². The zero-order valence-corrected chi connectivity index (χ0v) is 19.3. The van der Waals surface area contributed by atoms with Crippen molar-refractivity contribution in [2.45, 2.75) is 37.5 Å². The number of hydrogen-bond donors (Lipinski definition) is 0. The van der Waals surface area contributed by atoms with Gasteiger partial charge in [0, 0.05) is 40.0 Å². The summed E-state index contributed by atoms with van der Waals surface area (Å²) in [7, 11) is 2.07. The largest absolute Gasteiger partial charge is 0.347 e. The van der Waals surface area contributed by atoms with Gasteiger partial charge in [0.2, 0.25) is 0 Å². The minimum Gasteiger partial charge on any atom is -0.347 e. The molecule has 0 bridgehead atoms. The molecule has 1 heterocycles. The van der Waals surface area contributed by atoms with Crippen molar-refractivity contribution in [3.8, 4) is 0 Å². The molecule has 33 heavy (non-hydrogen) atoms.